The van der Waals surface area contributed by atoms with Crippen molar-refractivity contribution in [2.24, 2.45) is 11.6 Å². The first kappa shape index (κ1) is 36.2. The highest BCUT2D eigenvalue weighted by molar-refractivity contribution is 7.99. The van der Waals surface area contributed by atoms with E-state index >= 15 is 0 Å². The van der Waals surface area contributed by atoms with E-state index in [0.29, 0.717) is 5.75 Å². The van der Waals surface area contributed by atoms with Crippen molar-refractivity contribution in [2.45, 2.75) is 105 Å². The average Bonchev–Trinajstić information content (AvgIpc) is 2.81. The number of hydrogen-bond acceptors (Lipinski definition) is 7. The number of nitrogens with two attached hydrogens (primary N) is 2. The molecule has 0 unspecified atom stereocenters. The molecule has 0 saturated heterocycles. The highest BCUT2D eigenvalue weighted by atomic mass is 32.2. The molecule has 0 aliphatic carbocycles. The molecule has 0 heterocycles. The van der Waals surface area contributed by atoms with Crippen molar-refractivity contribution in [1.29, 1.82) is 0 Å². The quantitative estimate of drug-likeness (QED) is 0.0586. The molecule has 0 radical (unpaired) electrons. The number of amides is 4. The van der Waals surface area contributed by atoms with E-state index in [1.807, 2.05) is 0 Å². The molecule has 2 atom stereocenters. The summed E-state index contributed by atoms with van der Waals surface area (Å²) >= 11 is 1.47. The molecule has 0 rings (SSSR count). The average molecular weight is 568 g/mol. The van der Waals surface area contributed by atoms with E-state index in [0.717, 1.165) is 25.7 Å². The van der Waals surface area contributed by atoms with Crippen LogP contribution in [0.1, 0.15) is 87.0 Å². The highest BCUT2D eigenvalue weighted by Gasteiger charge is 2.28. The number of rotatable bonds is 17. The van der Waals surface area contributed by atoms with E-state index < -0.39 is 41.5 Å². The summed E-state index contributed by atoms with van der Waals surface area (Å²) in [7, 11) is 0. The fourth-order valence-corrected chi connectivity index (χ4v) is 4.30. The van der Waals surface area contributed by atoms with Crippen molar-refractivity contribution in [2.75, 3.05) is 11.5 Å². The van der Waals surface area contributed by atoms with Crippen molar-refractivity contribution in [3.63, 3.8) is 0 Å². The predicted molar refractivity (Wildman–Crippen MR) is 159 cm³/mol. The van der Waals surface area contributed by atoms with Crippen LogP contribution in [0.15, 0.2) is 34.9 Å². The van der Waals surface area contributed by atoms with Crippen LogP contribution in [0.2, 0.25) is 0 Å². The maximum Gasteiger partial charge on any atom is 0.408 e. The second-order valence-corrected chi connectivity index (χ2v) is 11.8. The van der Waals surface area contributed by atoms with Crippen molar-refractivity contribution >= 4 is 35.6 Å². The monoisotopic (exact) mass is 567 g/mol. The first-order chi connectivity index (χ1) is 18.1. The molecule has 0 aromatic carbocycles. The van der Waals surface area contributed by atoms with Gasteiger partial charge in [0, 0.05) is 17.9 Å². The molecular formula is C28H49N5O5S. The van der Waals surface area contributed by atoms with Gasteiger partial charge < -0.3 is 21.1 Å². The first-order valence-corrected chi connectivity index (χ1v) is 14.4. The largest absolute Gasteiger partial charge is 0.444 e. The Morgan fingerprint density at radius 3 is 1.97 bits per heavy atom. The van der Waals surface area contributed by atoms with Crippen LogP contribution >= 0.6 is 11.8 Å². The van der Waals surface area contributed by atoms with Gasteiger partial charge in [-0.1, -0.05) is 34.9 Å². The summed E-state index contributed by atoms with van der Waals surface area (Å²) in [5.41, 5.74) is 10.5. The maximum atomic E-state index is 12.9. The number of primary amides is 1. The van der Waals surface area contributed by atoms with Crippen molar-refractivity contribution in [3.05, 3.63) is 34.9 Å². The summed E-state index contributed by atoms with van der Waals surface area (Å²) in [5, 5.41) is 5.06. The number of carbonyl (C=O) groups excluding carboxylic acids is 4. The molecule has 11 heteroatoms. The summed E-state index contributed by atoms with van der Waals surface area (Å²) in [6.07, 6.45) is 9.68. The van der Waals surface area contributed by atoms with E-state index in [1.54, 1.807) is 20.8 Å². The van der Waals surface area contributed by atoms with Crippen LogP contribution in [0.4, 0.5) is 4.79 Å². The Labute approximate surface area is 238 Å². The van der Waals surface area contributed by atoms with Crippen LogP contribution in [0.3, 0.4) is 0 Å². The Kier molecular flexibility index (Phi) is 17.9. The van der Waals surface area contributed by atoms with Crippen LogP contribution in [0.25, 0.3) is 0 Å². The van der Waals surface area contributed by atoms with Gasteiger partial charge in [0.1, 0.15) is 17.7 Å². The minimum absolute atomic E-state index is 0.0463. The van der Waals surface area contributed by atoms with Crippen molar-refractivity contribution < 1.29 is 23.9 Å². The number of hydrogen-bond donors (Lipinski definition) is 5. The lowest BCUT2D eigenvalue weighted by Crippen LogP contribution is -2.56. The van der Waals surface area contributed by atoms with Gasteiger partial charge >= 0.3 is 6.09 Å². The molecular weight excluding hydrogens is 518 g/mol. The fourth-order valence-electron chi connectivity index (χ4n) is 3.29. The lowest BCUT2D eigenvalue weighted by atomic mass is 10.1. The SMILES string of the molecule is CC(C)=CCCC(C)=CCCC(C)=CCSC[C@H](NC(=O)[C@@H](CCC(N)=O)NC(=O)OC(C)(C)C)C(=O)NN. The Bertz CT molecular complexity index is 905. The number of allylic oxidation sites excluding steroid dienone is 5. The predicted octanol–water partition coefficient (Wildman–Crippen LogP) is 3.77. The Hall–Kier alpha value is -2.79. The molecule has 0 aromatic rings. The zero-order chi connectivity index (χ0) is 30.0. The molecule has 0 aliphatic heterocycles. The number of ether oxygens (including phenoxy) is 1. The number of nitrogens with one attached hydrogen (secondary N) is 3. The summed E-state index contributed by atoms with van der Waals surface area (Å²) < 4.78 is 5.21. The van der Waals surface area contributed by atoms with Gasteiger partial charge in [0.2, 0.25) is 11.8 Å². The molecule has 0 aliphatic rings. The van der Waals surface area contributed by atoms with Crippen molar-refractivity contribution in [1.82, 2.24) is 16.1 Å². The first-order valence-electron chi connectivity index (χ1n) is 13.3. The lowest BCUT2D eigenvalue weighted by Gasteiger charge is -2.24. The second kappa shape index (κ2) is 19.3. The topological polar surface area (TPSA) is 166 Å². The van der Waals surface area contributed by atoms with Gasteiger partial charge in [-0.2, -0.15) is 11.8 Å². The molecule has 4 amide bonds. The van der Waals surface area contributed by atoms with Crippen LogP contribution in [0.5, 0.6) is 0 Å². The normalized spacial score (nSPS) is 13.6. The van der Waals surface area contributed by atoms with Crippen molar-refractivity contribution in [3.8, 4) is 0 Å². The van der Waals surface area contributed by atoms with E-state index in [4.69, 9.17) is 16.3 Å². The summed E-state index contributed by atoms with van der Waals surface area (Å²) in [6.45, 7) is 13.5. The maximum absolute atomic E-state index is 12.9. The third kappa shape index (κ3) is 19.9. The third-order valence-corrected chi connectivity index (χ3v) is 6.39. The smallest absolute Gasteiger partial charge is 0.408 e. The molecule has 222 valence electrons. The van der Waals surface area contributed by atoms with E-state index in [1.165, 1.54) is 28.5 Å². The zero-order valence-electron chi connectivity index (χ0n) is 24.6. The van der Waals surface area contributed by atoms with E-state index in [-0.39, 0.29) is 18.6 Å². The molecule has 7 N–H and O–H groups in total. The number of thioether (sulfide) groups is 1. The van der Waals surface area contributed by atoms with Gasteiger partial charge in [-0.3, -0.25) is 19.8 Å². The fraction of sp³-hybridized carbons (Fsp3) is 0.643. The number of carbonyl (C=O) groups is 4. The minimum atomic E-state index is -1.12. The van der Waals surface area contributed by atoms with Gasteiger partial charge in [-0.05, 0) is 80.6 Å². The van der Waals surface area contributed by atoms with Gasteiger partial charge in [0.25, 0.3) is 5.91 Å². The molecule has 39 heavy (non-hydrogen) atoms. The molecule has 0 spiro atoms. The van der Waals surface area contributed by atoms with Gasteiger partial charge in [0.15, 0.2) is 0 Å². The van der Waals surface area contributed by atoms with E-state index in [9.17, 15) is 19.2 Å². The van der Waals surface area contributed by atoms with Crippen LogP contribution in [0, 0.1) is 0 Å². The summed E-state index contributed by atoms with van der Waals surface area (Å²) in [4.78, 5) is 48.7. The lowest BCUT2D eigenvalue weighted by molar-refractivity contribution is -0.129. The second-order valence-electron chi connectivity index (χ2n) is 10.8. The summed E-state index contributed by atoms with van der Waals surface area (Å²) in [6, 6.07) is -2.06. The molecule has 0 aromatic heterocycles. The molecule has 10 nitrogen and oxygen atoms in total. The Morgan fingerprint density at radius 2 is 1.44 bits per heavy atom. The summed E-state index contributed by atoms with van der Waals surface area (Å²) in [5.74, 6) is 4.39. The van der Waals surface area contributed by atoms with Gasteiger partial charge in [0.05, 0.1) is 0 Å². The third-order valence-electron chi connectivity index (χ3n) is 5.42. The number of hydrazine groups is 1. The van der Waals surface area contributed by atoms with Gasteiger partial charge in [-0.15, -0.1) is 0 Å². The van der Waals surface area contributed by atoms with Gasteiger partial charge in [-0.25, -0.2) is 10.6 Å². The standard InChI is InChI=1S/C28H49N5O5S/c1-19(2)10-8-11-20(3)12-9-13-21(4)16-17-39-18-23(26(36)33-30)31-25(35)22(14-15-24(29)34)32-27(37)38-28(5,6)7/h10,12,16,22-23H,8-9,11,13-15,17-18,30H2,1-7H3,(H2,29,34)(H,31,35)(H,32,37)(H,33,36)/t22-,23+/m1/s1. The Morgan fingerprint density at radius 1 is 0.846 bits per heavy atom. The van der Waals surface area contributed by atoms with E-state index in [2.05, 4.69) is 62.0 Å². The number of alkyl carbamates (subject to hydrolysis) is 1. The van der Waals surface area contributed by atoms with Crippen LogP contribution in [-0.2, 0) is 19.1 Å². The Balaban J connectivity index is 4.96. The molecule has 0 bridgehead atoms. The molecule has 0 saturated carbocycles. The highest BCUT2D eigenvalue weighted by Crippen LogP contribution is 2.13. The minimum Gasteiger partial charge on any atom is -0.444 e. The molecule has 0 fully saturated rings. The zero-order valence-corrected chi connectivity index (χ0v) is 25.5. The van der Waals surface area contributed by atoms with Crippen LogP contribution < -0.4 is 27.6 Å². The van der Waals surface area contributed by atoms with Crippen LogP contribution in [-0.4, -0.2) is 53.0 Å².